The monoisotopic (exact) mass is 278 g/mol. The fourth-order valence-corrected chi connectivity index (χ4v) is 2.27. The van der Waals surface area contributed by atoms with E-state index in [-0.39, 0.29) is 5.91 Å². The number of hydrogen-bond donors (Lipinski definition) is 3. The van der Waals surface area contributed by atoms with Gasteiger partial charge in [0, 0.05) is 12.0 Å². The number of hydrogen-bond acceptors (Lipinski definition) is 4. The average molecular weight is 278 g/mol. The Bertz CT molecular complexity index is 508. The third-order valence-corrected chi connectivity index (χ3v) is 3.52. The third kappa shape index (κ3) is 2.94. The lowest BCUT2D eigenvalue weighted by atomic mass is 9.97. The Morgan fingerprint density at radius 1 is 1.50 bits per heavy atom. The molecule has 2 rings (SSSR count). The van der Waals surface area contributed by atoms with Gasteiger partial charge in [0.1, 0.15) is 11.9 Å². The Labute approximate surface area is 119 Å². The average Bonchev–Trinajstić information content (AvgIpc) is 2.51. The summed E-state index contributed by atoms with van der Waals surface area (Å²) in [7, 11) is 0. The fraction of sp³-hybridized carbons (Fsp3) is 0.533. The minimum absolute atomic E-state index is 0.280. The number of aliphatic hydroxyl groups is 1. The highest BCUT2D eigenvalue weighted by Crippen LogP contribution is 2.34. The van der Waals surface area contributed by atoms with Crippen molar-refractivity contribution >= 4 is 5.91 Å². The Kier molecular flexibility index (Phi) is 4.01. The molecule has 1 aromatic rings. The van der Waals surface area contributed by atoms with Crippen LogP contribution in [0.4, 0.5) is 0 Å². The number of amides is 1. The molecule has 0 spiro atoms. The summed E-state index contributed by atoms with van der Waals surface area (Å²) in [4.78, 5) is 12.0. The van der Waals surface area contributed by atoms with Gasteiger partial charge in [-0.15, -0.1) is 0 Å². The van der Waals surface area contributed by atoms with Crippen LogP contribution in [-0.4, -0.2) is 29.2 Å². The van der Waals surface area contributed by atoms with Crippen molar-refractivity contribution in [3.8, 4) is 5.75 Å². The third-order valence-electron chi connectivity index (χ3n) is 3.52. The standard InChI is InChI=1S/C15H22N2O3/c1-9-5-4-6-10-12(18)11(7-8-20-13(9)10)17-14(19)15(2,3)16/h4-6,11-12,18H,7-8,16H2,1-3H3,(H,17,19). The highest BCUT2D eigenvalue weighted by Gasteiger charge is 2.32. The summed E-state index contributed by atoms with van der Waals surface area (Å²) in [5.41, 5.74) is 6.49. The summed E-state index contributed by atoms with van der Waals surface area (Å²) in [5.74, 6) is 0.432. The van der Waals surface area contributed by atoms with Gasteiger partial charge in [0.2, 0.25) is 5.91 Å². The zero-order valence-corrected chi connectivity index (χ0v) is 12.1. The van der Waals surface area contributed by atoms with E-state index in [2.05, 4.69) is 5.32 Å². The molecule has 1 heterocycles. The molecule has 0 saturated carbocycles. The van der Waals surface area contributed by atoms with Gasteiger partial charge in [-0.25, -0.2) is 0 Å². The predicted molar refractivity (Wildman–Crippen MR) is 76.4 cm³/mol. The molecule has 0 saturated heterocycles. The maximum Gasteiger partial charge on any atom is 0.239 e. The van der Waals surface area contributed by atoms with E-state index in [1.807, 2.05) is 25.1 Å². The van der Waals surface area contributed by atoms with Gasteiger partial charge < -0.3 is 20.9 Å². The number of rotatable bonds is 2. The summed E-state index contributed by atoms with van der Waals surface area (Å²) in [6.45, 7) is 5.67. The molecular formula is C15H22N2O3. The molecule has 20 heavy (non-hydrogen) atoms. The molecule has 2 atom stereocenters. The highest BCUT2D eigenvalue weighted by atomic mass is 16.5. The van der Waals surface area contributed by atoms with E-state index in [4.69, 9.17) is 10.5 Å². The molecule has 2 unspecified atom stereocenters. The van der Waals surface area contributed by atoms with E-state index in [1.54, 1.807) is 13.8 Å². The molecule has 5 heteroatoms. The molecule has 1 aliphatic heterocycles. The Hall–Kier alpha value is -1.59. The number of carbonyl (C=O) groups excluding carboxylic acids is 1. The molecule has 0 radical (unpaired) electrons. The molecule has 1 amide bonds. The van der Waals surface area contributed by atoms with Crippen molar-refractivity contribution in [3.05, 3.63) is 29.3 Å². The number of aliphatic hydroxyl groups excluding tert-OH is 1. The van der Waals surface area contributed by atoms with E-state index < -0.39 is 17.7 Å². The van der Waals surface area contributed by atoms with Crippen LogP contribution in [0, 0.1) is 6.92 Å². The number of benzene rings is 1. The highest BCUT2D eigenvalue weighted by molar-refractivity contribution is 5.85. The molecule has 0 aromatic heterocycles. The first-order valence-corrected chi connectivity index (χ1v) is 6.81. The van der Waals surface area contributed by atoms with Crippen LogP contribution >= 0.6 is 0 Å². The molecule has 1 aromatic carbocycles. The second-order valence-electron chi connectivity index (χ2n) is 5.88. The zero-order valence-electron chi connectivity index (χ0n) is 12.1. The Morgan fingerprint density at radius 2 is 2.20 bits per heavy atom. The van der Waals surface area contributed by atoms with Crippen molar-refractivity contribution in [2.75, 3.05) is 6.61 Å². The van der Waals surface area contributed by atoms with Crippen LogP contribution in [0.15, 0.2) is 18.2 Å². The minimum Gasteiger partial charge on any atom is -0.493 e. The number of carbonyl (C=O) groups is 1. The number of ether oxygens (including phenoxy) is 1. The van der Waals surface area contributed by atoms with E-state index in [0.717, 1.165) is 5.56 Å². The first-order chi connectivity index (χ1) is 9.30. The molecule has 1 aliphatic rings. The van der Waals surface area contributed by atoms with Gasteiger partial charge in [-0.3, -0.25) is 4.79 Å². The summed E-state index contributed by atoms with van der Waals surface area (Å²) in [5, 5.41) is 13.3. The van der Waals surface area contributed by atoms with E-state index >= 15 is 0 Å². The van der Waals surface area contributed by atoms with Crippen molar-refractivity contribution < 1.29 is 14.6 Å². The number of nitrogens with one attached hydrogen (secondary N) is 1. The summed E-state index contributed by atoms with van der Waals surface area (Å²) in [6, 6.07) is 5.24. The van der Waals surface area contributed by atoms with Gasteiger partial charge in [-0.05, 0) is 26.3 Å². The quantitative estimate of drug-likeness (QED) is 0.754. The van der Waals surface area contributed by atoms with Crippen molar-refractivity contribution in [2.45, 2.75) is 44.9 Å². The smallest absolute Gasteiger partial charge is 0.239 e. The molecular weight excluding hydrogens is 256 g/mol. The number of aryl methyl sites for hydroxylation is 1. The fourth-order valence-electron chi connectivity index (χ4n) is 2.27. The number of nitrogens with two attached hydrogens (primary N) is 1. The largest absolute Gasteiger partial charge is 0.493 e. The van der Waals surface area contributed by atoms with E-state index in [0.29, 0.717) is 24.3 Å². The first-order valence-electron chi connectivity index (χ1n) is 6.81. The van der Waals surface area contributed by atoms with Gasteiger partial charge in [0.15, 0.2) is 0 Å². The number of para-hydroxylation sites is 1. The van der Waals surface area contributed by atoms with Crippen LogP contribution in [0.5, 0.6) is 5.75 Å². The van der Waals surface area contributed by atoms with Crippen molar-refractivity contribution in [1.82, 2.24) is 5.32 Å². The summed E-state index contributed by atoms with van der Waals surface area (Å²) in [6.07, 6.45) is -0.254. The maximum atomic E-state index is 12.0. The zero-order chi connectivity index (χ0) is 14.9. The van der Waals surface area contributed by atoms with Crippen LogP contribution in [0.2, 0.25) is 0 Å². The summed E-state index contributed by atoms with van der Waals surface area (Å²) >= 11 is 0. The van der Waals surface area contributed by atoms with Gasteiger partial charge in [-0.2, -0.15) is 0 Å². The van der Waals surface area contributed by atoms with E-state index in [9.17, 15) is 9.90 Å². The first kappa shape index (κ1) is 14.8. The van der Waals surface area contributed by atoms with Gasteiger partial charge >= 0.3 is 0 Å². The van der Waals surface area contributed by atoms with Crippen molar-refractivity contribution in [2.24, 2.45) is 5.73 Å². The van der Waals surface area contributed by atoms with Crippen molar-refractivity contribution in [3.63, 3.8) is 0 Å². The molecule has 4 N–H and O–H groups in total. The maximum absolute atomic E-state index is 12.0. The van der Waals surface area contributed by atoms with Crippen LogP contribution in [0.1, 0.15) is 37.5 Å². The second kappa shape index (κ2) is 5.42. The molecule has 0 bridgehead atoms. The number of fused-ring (bicyclic) bond motifs is 1. The van der Waals surface area contributed by atoms with Crippen LogP contribution in [0.25, 0.3) is 0 Å². The SMILES string of the molecule is Cc1cccc2c1OCCC(NC(=O)C(C)(C)N)C2O. The lowest BCUT2D eigenvalue weighted by molar-refractivity contribution is -0.126. The summed E-state index contributed by atoms with van der Waals surface area (Å²) < 4.78 is 5.70. The van der Waals surface area contributed by atoms with Crippen LogP contribution < -0.4 is 15.8 Å². The minimum atomic E-state index is -0.970. The lowest BCUT2D eigenvalue weighted by Crippen LogP contribution is -2.53. The van der Waals surface area contributed by atoms with Crippen LogP contribution in [-0.2, 0) is 4.79 Å². The van der Waals surface area contributed by atoms with Gasteiger partial charge in [0.05, 0.1) is 18.2 Å². The van der Waals surface area contributed by atoms with Gasteiger partial charge in [0.25, 0.3) is 0 Å². The lowest BCUT2D eigenvalue weighted by Gasteiger charge is -2.26. The van der Waals surface area contributed by atoms with Crippen molar-refractivity contribution in [1.29, 1.82) is 0 Å². The van der Waals surface area contributed by atoms with E-state index in [1.165, 1.54) is 0 Å². The van der Waals surface area contributed by atoms with Gasteiger partial charge in [-0.1, -0.05) is 18.2 Å². The molecule has 5 nitrogen and oxygen atoms in total. The molecule has 0 fully saturated rings. The topological polar surface area (TPSA) is 84.6 Å². The molecule has 110 valence electrons. The Balaban J connectivity index is 2.24. The molecule has 0 aliphatic carbocycles. The predicted octanol–water partition coefficient (Wildman–Crippen LogP) is 1.03. The second-order valence-corrected chi connectivity index (χ2v) is 5.88. The normalized spacial score (nSPS) is 22.4. The Morgan fingerprint density at radius 3 is 2.85 bits per heavy atom. The van der Waals surface area contributed by atoms with Crippen LogP contribution in [0.3, 0.4) is 0 Å².